The zero-order chi connectivity index (χ0) is 18.5. The molecule has 0 spiro atoms. The summed E-state index contributed by atoms with van der Waals surface area (Å²) in [7, 11) is 1.90. The minimum absolute atomic E-state index is 0.000366. The molecule has 3 rings (SSSR count). The quantitative estimate of drug-likeness (QED) is 0.821. The summed E-state index contributed by atoms with van der Waals surface area (Å²) in [4.78, 5) is 20.8. The predicted octanol–water partition coefficient (Wildman–Crippen LogP) is 3.87. The maximum Gasteiger partial charge on any atom is 0.255 e. The number of carbonyl (C=O) groups is 1. The number of rotatable bonds is 4. The van der Waals surface area contributed by atoms with E-state index in [0.29, 0.717) is 28.5 Å². The fourth-order valence-corrected chi connectivity index (χ4v) is 3.45. The van der Waals surface area contributed by atoms with Crippen LogP contribution in [0.25, 0.3) is 0 Å². The first-order valence-corrected chi connectivity index (χ1v) is 9.11. The van der Waals surface area contributed by atoms with E-state index in [2.05, 4.69) is 11.1 Å². The Morgan fingerprint density at radius 2 is 1.96 bits per heavy atom. The molecular formula is C20H21ClN4O. The molecule has 0 unspecified atom stereocenters. The molecule has 1 aromatic carbocycles. The summed E-state index contributed by atoms with van der Waals surface area (Å²) in [6.07, 6.45) is 4.89. The van der Waals surface area contributed by atoms with E-state index in [1.54, 1.807) is 24.4 Å². The molecule has 5 nitrogen and oxygen atoms in total. The van der Waals surface area contributed by atoms with Crippen molar-refractivity contribution in [2.45, 2.75) is 25.8 Å². The fraction of sp³-hybridized carbons (Fsp3) is 0.350. The summed E-state index contributed by atoms with van der Waals surface area (Å²) in [6.45, 7) is 2.21. The van der Waals surface area contributed by atoms with Gasteiger partial charge in [-0.25, -0.2) is 4.98 Å². The van der Waals surface area contributed by atoms with Crippen molar-refractivity contribution in [3.05, 3.63) is 58.2 Å². The predicted molar refractivity (Wildman–Crippen MR) is 102 cm³/mol. The molecule has 1 aliphatic rings. The van der Waals surface area contributed by atoms with Crippen molar-refractivity contribution in [1.82, 2.24) is 9.88 Å². The molecule has 1 aliphatic heterocycles. The van der Waals surface area contributed by atoms with Gasteiger partial charge in [0.15, 0.2) is 0 Å². The maximum atomic E-state index is 12.6. The Kier molecular flexibility index (Phi) is 5.75. The van der Waals surface area contributed by atoms with Gasteiger partial charge in [-0.3, -0.25) is 4.79 Å². The van der Waals surface area contributed by atoms with Crippen LogP contribution in [0.1, 0.15) is 40.7 Å². The van der Waals surface area contributed by atoms with E-state index < -0.39 is 0 Å². The minimum Gasteiger partial charge on any atom is -0.354 e. The lowest BCUT2D eigenvalue weighted by molar-refractivity contribution is 0.0724. The molecule has 2 aromatic rings. The second-order valence-corrected chi connectivity index (χ2v) is 6.95. The molecule has 1 fully saturated rings. The lowest BCUT2D eigenvalue weighted by Crippen LogP contribution is -2.35. The summed E-state index contributed by atoms with van der Waals surface area (Å²) in [5, 5.41) is 9.33. The first kappa shape index (κ1) is 18.2. The Balaban J connectivity index is 1.71. The van der Waals surface area contributed by atoms with Gasteiger partial charge in [0.05, 0.1) is 22.2 Å². The van der Waals surface area contributed by atoms with Crippen LogP contribution in [0, 0.1) is 11.3 Å². The molecule has 1 amide bonds. The number of piperidine rings is 1. The van der Waals surface area contributed by atoms with Crippen LogP contribution in [0.5, 0.6) is 0 Å². The largest absolute Gasteiger partial charge is 0.354 e. The highest BCUT2D eigenvalue weighted by Gasteiger charge is 2.20. The molecule has 0 bridgehead atoms. The van der Waals surface area contributed by atoms with Crippen LogP contribution in [0.2, 0.25) is 5.02 Å². The fourth-order valence-electron chi connectivity index (χ4n) is 3.14. The standard InChI is InChI=1S/C20H21ClN4O/c1-24(14-16-7-5-15(12-22)6-8-16)19-18(21)11-17(13-23-19)20(26)25-9-3-2-4-10-25/h5-8,11,13H,2-4,9-10,14H2,1H3. The summed E-state index contributed by atoms with van der Waals surface area (Å²) in [5.74, 6) is 0.631. The Morgan fingerprint density at radius 1 is 1.27 bits per heavy atom. The number of hydrogen-bond acceptors (Lipinski definition) is 4. The molecule has 0 atom stereocenters. The average molecular weight is 369 g/mol. The molecule has 0 radical (unpaired) electrons. The van der Waals surface area contributed by atoms with Crippen molar-refractivity contribution < 1.29 is 4.79 Å². The number of carbonyl (C=O) groups excluding carboxylic acids is 1. The van der Waals surface area contributed by atoms with Crippen LogP contribution in [0.4, 0.5) is 5.82 Å². The number of benzene rings is 1. The Labute approximate surface area is 158 Å². The van der Waals surface area contributed by atoms with Gasteiger partial charge in [0.2, 0.25) is 0 Å². The van der Waals surface area contributed by atoms with E-state index in [1.165, 1.54) is 6.42 Å². The number of likely N-dealkylation sites (tertiary alicyclic amines) is 1. The molecule has 1 saturated heterocycles. The van der Waals surface area contributed by atoms with E-state index in [9.17, 15) is 4.79 Å². The van der Waals surface area contributed by atoms with Crippen LogP contribution in [0.3, 0.4) is 0 Å². The average Bonchev–Trinajstić information content (AvgIpc) is 2.68. The topological polar surface area (TPSA) is 60.2 Å². The first-order chi connectivity index (χ1) is 12.6. The van der Waals surface area contributed by atoms with Gasteiger partial charge in [-0.2, -0.15) is 5.26 Å². The van der Waals surface area contributed by atoms with Gasteiger partial charge in [0.1, 0.15) is 5.82 Å². The molecular weight excluding hydrogens is 348 g/mol. The van der Waals surface area contributed by atoms with Crippen molar-refractivity contribution in [2.75, 3.05) is 25.0 Å². The highest BCUT2D eigenvalue weighted by atomic mass is 35.5. The molecule has 26 heavy (non-hydrogen) atoms. The van der Waals surface area contributed by atoms with Crippen molar-refractivity contribution in [2.24, 2.45) is 0 Å². The van der Waals surface area contributed by atoms with Crippen molar-refractivity contribution in [1.29, 1.82) is 5.26 Å². The van der Waals surface area contributed by atoms with Gasteiger partial charge in [-0.05, 0) is 43.0 Å². The Morgan fingerprint density at radius 3 is 2.58 bits per heavy atom. The number of amides is 1. The highest BCUT2D eigenvalue weighted by Crippen LogP contribution is 2.25. The summed E-state index contributed by atoms with van der Waals surface area (Å²) in [6, 6.07) is 11.2. The number of hydrogen-bond donors (Lipinski definition) is 0. The van der Waals surface area contributed by atoms with Crippen LogP contribution >= 0.6 is 11.6 Å². The summed E-state index contributed by atoms with van der Waals surface area (Å²) < 4.78 is 0. The summed E-state index contributed by atoms with van der Waals surface area (Å²) in [5.41, 5.74) is 2.22. The molecule has 134 valence electrons. The first-order valence-electron chi connectivity index (χ1n) is 8.73. The zero-order valence-corrected chi connectivity index (χ0v) is 15.5. The Hall–Kier alpha value is -2.58. The SMILES string of the molecule is CN(Cc1ccc(C#N)cc1)c1ncc(C(=O)N2CCCCC2)cc1Cl. The highest BCUT2D eigenvalue weighted by molar-refractivity contribution is 6.33. The lowest BCUT2D eigenvalue weighted by atomic mass is 10.1. The van der Waals surface area contributed by atoms with Crippen molar-refractivity contribution in [3.8, 4) is 6.07 Å². The molecule has 0 N–H and O–H groups in total. The van der Waals surface area contributed by atoms with Crippen molar-refractivity contribution >= 4 is 23.3 Å². The summed E-state index contributed by atoms with van der Waals surface area (Å²) >= 11 is 6.40. The second kappa shape index (κ2) is 8.20. The normalized spacial score (nSPS) is 14.0. The number of halogens is 1. The van der Waals surface area contributed by atoms with Crippen LogP contribution in [0.15, 0.2) is 36.5 Å². The van der Waals surface area contributed by atoms with Crippen molar-refractivity contribution in [3.63, 3.8) is 0 Å². The van der Waals surface area contributed by atoms with Crippen LogP contribution in [-0.2, 0) is 6.54 Å². The number of nitriles is 1. The molecule has 2 heterocycles. The van der Waals surface area contributed by atoms with Gasteiger partial charge in [0.25, 0.3) is 5.91 Å². The Bertz CT molecular complexity index is 823. The molecule has 0 aliphatic carbocycles. The van der Waals surface area contributed by atoms with E-state index in [1.807, 2.05) is 29.0 Å². The van der Waals surface area contributed by atoms with E-state index in [0.717, 1.165) is 31.5 Å². The number of nitrogens with zero attached hydrogens (tertiary/aromatic N) is 4. The van der Waals surface area contributed by atoms with Gasteiger partial charge in [-0.1, -0.05) is 23.7 Å². The lowest BCUT2D eigenvalue weighted by Gasteiger charge is -2.27. The molecule has 6 heteroatoms. The number of anilines is 1. The third-order valence-electron chi connectivity index (χ3n) is 4.58. The second-order valence-electron chi connectivity index (χ2n) is 6.55. The third kappa shape index (κ3) is 4.14. The maximum absolute atomic E-state index is 12.6. The number of aromatic nitrogens is 1. The van der Waals surface area contributed by atoms with E-state index in [-0.39, 0.29) is 5.91 Å². The van der Waals surface area contributed by atoms with Gasteiger partial charge in [0, 0.05) is 32.9 Å². The molecule has 1 aromatic heterocycles. The van der Waals surface area contributed by atoms with Crippen LogP contribution in [-0.4, -0.2) is 35.9 Å². The van der Waals surface area contributed by atoms with Crippen LogP contribution < -0.4 is 4.90 Å². The third-order valence-corrected chi connectivity index (χ3v) is 4.85. The van der Waals surface area contributed by atoms with Gasteiger partial charge >= 0.3 is 0 Å². The van der Waals surface area contributed by atoms with E-state index in [4.69, 9.17) is 16.9 Å². The van der Waals surface area contributed by atoms with Gasteiger partial charge < -0.3 is 9.80 Å². The monoisotopic (exact) mass is 368 g/mol. The zero-order valence-electron chi connectivity index (χ0n) is 14.8. The minimum atomic E-state index is 0.000366. The number of pyridine rings is 1. The van der Waals surface area contributed by atoms with E-state index >= 15 is 0 Å². The smallest absolute Gasteiger partial charge is 0.255 e. The molecule has 0 saturated carbocycles. The van der Waals surface area contributed by atoms with Gasteiger partial charge in [-0.15, -0.1) is 0 Å².